The van der Waals surface area contributed by atoms with Crippen molar-refractivity contribution < 1.29 is 14.0 Å². The number of benzene rings is 2. The molecule has 3 aromatic rings. The Hall–Kier alpha value is -2.99. The zero-order chi connectivity index (χ0) is 20.9. The number of nitrogens with zero attached hydrogens (tertiary/aromatic N) is 1. The van der Waals surface area contributed by atoms with Gasteiger partial charge in [0.05, 0.1) is 18.4 Å². The van der Waals surface area contributed by atoms with Crippen molar-refractivity contribution >= 4 is 23.6 Å². The highest BCUT2D eigenvalue weighted by Crippen LogP contribution is 2.24. The molecule has 0 bridgehead atoms. The van der Waals surface area contributed by atoms with Crippen LogP contribution in [0, 0.1) is 0 Å². The van der Waals surface area contributed by atoms with Crippen molar-refractivity contribution in [1.29, 1.82) is 0 Å². The molecule has 2 amide bonds. The fourth-order valence-electron chi connectivity index (χ4n) is 3.26. The summed E-state index contributed by atoms with van der Waals surface area (Å²) in [6.07, 6.45) is 5.70. The molecule has 30 heavy (non-hydrogen) atoms. The number of hydrogen-bond donors (Lipinski definition) is 1. The van der Waals surface area contributed by atoms with Crippen LogP contribution in [0.25, 0.3) is 0 Å². The van der Waals surface area contributed by atoms with Crippen LogP contribution in [-0.4, -0.2) is 29.0 Å². The summed E-state index contributed by atoms with van der Waals surface area (Å²) in [5, 5.41) is 2.99. The zero-order valence-corrected chi connectivity index (χ0v) is 17.7. The summed E-state index contributed by atoms with van der Waals surface area (Å²) in [7, 11) is 0. The van der Waals surface area contributed by atoms with Crippen LogP contribution in [0.3, 0.4) is 0 Å². The Balaban J connectivity index is 1.53. The monoisotopic (exact) mass is 420 g/mol. The molecule has 0 radical (unpaired) electrons. The molecule has 0 aliphatic heterocycles. The van der Waals surface area contributed by atoms with E-state index < -0.39 is 0 Å². The molecule has 4 rings (SSSR count). The van der Waals surface area contributed by atoms with Crippen molar-refractivity contribution in [2.45, 2.75) is 36.9 Å². The molecule has 0 spiro atoms. The van der Waals surface area contributed by atoms with E-state index in [1.165, 1.54) is 0 Å². The molecule has 1 aromatic heterocycles. The van der Waals surface area contributed by atoms with E-state index >= 15 is 0 Å². The molecular weight excluding hydrogens is 396 g/mol. The van der Waals surface area contributed by atoms with Gasteiger partial charge >= 0.3 is 0 Å². The van der Waals surface area contributed by atoms with Crippen LogP contribution in [0.4, 0.5) is 0 Å². The third-order valence-electron chi connectivity index (χ3n) is 5.05. The van der Waals surface area contributed by atoms with Crippen molar-refractivity contribution in [1.82, 2.24) is 10.2 Å². The Morgan fingerprint density at radius 3 is 2.47 bits per heavy atom. The Morgan fingerprint density at radius 2 is 1.80 bits per heavy atom. The number of carbonyl (C=O) groups excluding carboxylic acids is 2. The molecule has 6 heteroatoms. The van der Waals surface area contributed by atoms with Crippen LogP contribution in [0.1, 0.15) is 44.9 Å². The topological polar surface area (TPSA) is 62.6 Å². The van der Waals surface area contributed by atoms with Crippen molar-refractivity contribution in [2.75, 3.05) is 6.26 Å². The lowest BCUT2D eigenvalue weighted by molar-refractivity contribution is 0.0714. The lowest BCUT2D eigenvalue weighted by Gasteiger charge is -2.23. The van der Waals surface area contributed by atoms with Crippen LogP contribution in [0.15, 0.2) is 76.2 Å². The van der Waals surface area contributed by atoms with Crippen molar-refractivity contribution in [3.8, 4) is 0 Å². The first-order chi connectivity index (χ1) is 14.6. The summed E-state index contributed by atoms with van der Waals surface area (Å²) >= 11 is 1.56. The first-order valence-electron chi connectivity index (χ1n) is 9.98. The first kappa shape index (κ1) is 20.3. The van der Waals surface area contributed by atoms with Gasteiger partial charge in [0.1, 0.15) is 5.76 Å². The van der Waals surface area contributed by atoms with Gasteiger partial charge in [-0.1, -0.05) is 24.3 Å². The van der Waals surface area contributed by atoms with E-state index in [1.54, 1.807) is 22.9 Å². The van der Waals surface area contributed by atoms with Crippen LogP contribution in [-0.2, 0) is 13.1 Å². The summed E-state index contributed by atoms with van der Waals surface area (Å²) in [4.78, 5) is 28.3. The number of furan rings is 1. The Bertz CT molecular complexity index is 1010. The molecule has 1 aliphatic carbocycles. The molecular formula is C24H24N2O3S. The van der Waals surface area contributed by atoms with E-state index in [1.807, 2.05) is 66.9 Å². The van der Waals surface area contributed by atoms with Gasteiger partial charge in [-0.15, -0.1) is 11.8 Å². The van der Waals surface area contributed by atoms with E-state index in [2.05, 4.69) is 5.32 Å². The molecule has 1 saturated carbocycles. The summed E-state index contributed by atoms with van der Waals surface area (Å²) < 4.78 is 5.49. The van der Waals surface area contributed by atoms with Crippen LogP contribution in [0.2, 0.25) is 0 Å². The molecule has 1 N–H and O–H groups in total. The van der Waals surface area contributed by atoms with Crippen molar-refractivity contribution in [3.05, 3.63) is 89.4 Å². The van der Waals surface area contributed by atoms with E-state index in [0.717, 1.165) is 29.1 Å². The Labute approximate surface area is 180 Å². The van der Waals surface area contributed by atoms with Gasteiger partial charge in [-0.25, -0.2) is 0 Å². The maximum Gasteiger partial charge on any atom is 0.255 e. The normalized spacial score (nSPS) is 13.1. The smallest absolute Gasteiger partial charge is 0.255 e. The predicted octanol–water partition coefficient (Wildman–Crippen LogP) is 4.74. The molecule has 1 fully saturated rings. The van der Waals surface area contributed by atoms with Gasteiger partial charge in [0.15, 0.2) is 0 Å². The number of nitrogens with one attached hydrogen (secondary N) is 1. The minimum atomic E-state index is -0.0492. The fraction of sp³-hybridized carbons (Fsp3) is 0.250. The highest BCUT2D eigenvalue weighted by molar-refractivity contribution is 7.98. The highest BCUT2D eigenvalue weighted by Gasteiger charge is 2.24. The fourth-order valence-corrected chi connectivity index (χ4v) is 3.85. The molecule has 0 saturated heterocycles. The minimum Gasteiger partial charge on any atom is -0.467 e. The van der Waals surface area contributed by atoms with E-state index in [4.69, 9.17) is 4.42 Å². The van der Waals surface area contributed by atoms with Gasteiger partial charge in [0.25, 0.3) is 11.8 Å². The quantitative estimate of drug-likeness (QED) is 0.535. The van der Waals surface area contributed by atoms with Gasteiger partial charge in [0.2, 0.25) is 0 Å². The van der Waals surface area contributed by atoms with Gasteiger partial charge in [0, 0.05) is 23.0 Å². The number of thioether (sulfide) groups is 1. The zero-order valence-electron chi connectivity index (χ0n) is 16.8. The summed E-state index contributed by atoms with van der Waals surface area (Å²) in [5.41, 5.74) is 2.28. The average Bonchev–Trinajstić information content (AvgIpc) is 3.44. The van der Waals surface area contributed by atoms with Crippen molar-refractivity contribution in [3.63, 3.8) is 0 Å². The van der Waals surface area contributed by atoms with Crippen LogP contribution in [0.5, 0.6) is 0 Å². The Morgan fingerprint density at radius 1 is 1.03 bits per heavy atom. The minimum absolute atomic E-state index is 0.0403. The number of rotatable bonds is 8. The standard InChI is InChI=1S/C24H24N2O3S/c1-30-22-7-3-2-6-21(22)24(28)26(16-20-5-4-14-29-20)15-17-8-10-18(11-9-17)23(27)25-19-12-13-19/h2-11,14,19H,12-13,15-16H2,1H3,(H,25,27). The second kappa shape index (κ2) is 9.22. The molecule has 1 heterocycles. The first-order valence-corrected chi connectivity index (χ1v) is 11.2. The molecule has 0 unspecified atom stereocenters. The third-order valence-corrected chi connectivity index (χ3v) is 5.85. The Kier molecular flexibility index (Phi) is 6.23. The molecule has 2 aromatic carbocycles. The summed E-state index contributed by atoms with van der Waals surface area (Å²) in [5.74, 6) is 0.638. The molecule has 5 nitrogen and oxygen atoms in total. The predicted molar refractivity (Wildman–Crippen MR) is 117 cm³/mol. The number of carbonyl (C=O) groups is 2. The molecule has 154 valence electrons. The second-order valence-corrected chi connectivity index (χ2v) is 8.23. The highest BCUT2D eigenvalue weighted by atomic mass is 32.2. The van der Waals surface area contributed by atoms with Crippen molar-refractivity contribution in [2.24, 2.45) is 0 Å². The molecule has 1 aliphatic rings. The van der Waals surface area contributed by atoms with E-state index in [0.29, 0.717) is 30.3 Å². The number of hydrogen-bond acceptors (Lipinski definition) is 4. The molecule has 0 atom stereocenters. The van der Waals surface area contributed by atoms with E-state index in [9.17, 15) is 9.59 Å². The van der Waals surface area contributed by atoms with Gasteiger partial charge < -0.3 is 14.6 Å². The summed E-state index contributed by atoms with van der Waals surface area (Å²) in [6.45, 7) is 0.797. The van der Waals surface area contributed by atoms with E-state index in [-0.39, 0.29) is 11.8 Å². The van der Waals surface area contributed by atoms with Gasteiger partial charge in [-0.2, -0.15) is 0 Å². The maximum atomic E-state index is 13.4. The van der Waals surface area contributed by atoms with Gasteiger partial charge in [-0.3, -0.25) is 9.59 Å². The van der Waals surface area contributed by atoms with Crippen LogP contribution < -0.4 is 5.32 Å². The summed E-state index contributed by atoms with van der Waals surface area (Å²) in [6, 6.07) is 19.1. The average molecular weight is 421 g/mol. The SMILES string of the molecule is CSc1ccccc1C(=O)N(Cc1ccc(C(=O)NC2CC2)cc1)Cc1ccco1. The van der Waals surface area contributed by atoms with Crippen LogP contribution >= 0.6 is 11.8 Å². The second-order valence-electron chi connectivity index (χ2n) is 7.39. The maximum absolute atomic E-state index is 13.4. The largest absolute Gasteiger partial charge is 0.467 e. The number of amides is 2. The van der Waals surface area contributed by atoms with Gasteiger partial charge in [-0.05, 0) is 61.1 Å². The lowest BCUT2D eigenvalue weighted by atomic mass is 10.1. The lowest BCUT2D eigenvalue weighted by Crippen LogP contribution is -2.30. The third kappa shape index (κ3) is 4.94.